The fraction of sp³-hybridized carbons (Fsp3) is 0.316. The van der Waals surface area contributed by atoms with E-state index in [1.807, 2.05) is 32.0 Å². The maximum atomic E-state index is 13.7. The first-order valence-corrected chi connectivity index (χ1v) is 7.85. The van der Waals surface area contributed by atoms with E-state index >= 15 is 0 Å². The molecule has 0 radical (unpaired) electrons. The summed E-state index contributed by atoms with van der Waals surface area (Å²) in [4.78, 5) is 14.5. The van der Waals surface area contributed by atoms with Gasteiger partial charge in [0.25, 0.3) is 0 Å². The Morgan fingerprint density at radius 1 is 1.17 bits per heavy atom. The van der Waals surface area contributed by atoms with Gasteiger partial charge in [0.15, 0.2) is 0 Å². The van der Waals surface area contributed by atoms with Crippen molar-refractivity contribution in [2.45, 2.75) is 31.4 Å². The molecule has 0 bridgehead atoms. The van der Waals surface area contributed by atoms with E-state index in [2.05, 4.69) is 0 Å². The summed E-state index contributed by atoms with van der Waals surface area (Å²) in [5.74, 6) is -0.646. The highest BCUT2D eigenvalue weighted by Gasteiger charge is 2.48. The molecule has 2 atom stereocenters. The fourth-order valence-corrected chi connectivity index (χ4v) is 3.35. The van der Waals surface area contributed by atoms with Gasteiger partial charge in [0.1, 0.15) is 11.9 Å². The van der Waals surface area contributed by atoms with Crippen molar-refractivity contribution in [2.75, 3.05) is 11.5 Å². The van der Waals surface area contributed by atoms with E-state index in [-0.39, 0.29) is 5.91 Å². The maximum Gasteiger partial charge on any atom is 0.237 e. The van der Waals surface area contributed by atoms with E-state index in [9.17, 15) is 19.4 Å². The van der Waals surface area contributed by atoms with Crippen LogP contribution in [0, 0.1) is 5.82 Å². The monoisotopic (exact) mass is 329 g/mol. The third-order valence-electron chi connectivity index (χ3n) is 4.61. The molecule has 3 rings (SSSR count). The number of benzene rings is 2. The third kappa shape index (κ3) is 2.50. The first-order chi connectivity index (χ1) is 11.4. The topological polar surface area (TPSA) is 60.8 Å². The molecule has 126 valence electrons. The van der Waals surface area contributed by atoms with Gasteiger partial charge in [0, 0.05) is 5.69 Å². The summed E-state index contributed by atoms with van der Waals surface area (Å²) in [6.45, 7) is 3.11. The second-order valence-corrected chi connectivity index (χ2v) is 6.57. The van der Waals surface area contributed by atoms with Crippen LogP contribution in [-0.2, 0) is 10.2 Å². The lowest BCUT2D eigenvalue weighted by atomic mass is 9.86. The summed E-state index contributed by atoms with van der Waals surface area (Å²) < 4.78 is 13.7. The van der Waals surface area contributed by atoms with Crippen molar-refractivity contribution < 1.29 is 19.4 Å². The highest BCUT2D eigenvalue weighted by molar-refractivity contribution is 6.08. The zero-order chi connectivity index (χ0) is 17.5. The molecule has 0 fully saturated rings. The Morgan fingerprint density at radius 2 is 1.88 bits per heavy atom. The molecule has 0 unspecified atom stereocenters. The molecular weight excluding hydrogens is 309 g/mol. The van der Waals surface area contributed by atoms with Gasteiger partial charge in [0.05, 0.1) is 18.1 Å². The van der Waals surface area contributed by atoms with Crippen molar-refractivity contribution in [1.29, 1.82) is 0 Å². The lowest BCUT2D eigenvalue weighted by Crippen LogP contribution is -2.44. The molecule has 2 aromatic carbocycles. The zero-order valence-electron chi connectivity index (χ0n) is 13.6. The molecular formula is C19H20FNO3. The molecule has 0 saturated heterocycles. The molecule has 4 nitrogen and oxygen atoms in total. The van der Waals surface area contributed by atoms with Crippen LogP contribution in [0.25, 0.3) is 0 Å². The quantitative estimate of drug-likeness (QED) is 0.906. The smallest absolute Gasteiger partial charge is 0.237 e. The van der Waals surface area contributed by atoms with Crippen LogP contribution in [0.15, 0.2) is 48.5 Å². The number of aliphatic hydroxyl groups excluding tert-OH is 2. The molecule has 0 aliphatic carbocycles. The molecule has 1 heterocycles. The van der Waals surface area contributed by atoms with Crippen LogP contribution in [0.1, 0.15) is 31.0 Å². The van der Waals surface area contributed by atoms with Crippen molar-refractivity contribution in [3.63, 3.8) is 0 Å². The van der Waals surface area contributed by atoms with Gasteiger partial charge in [-0.3, -0.25) is 4.79 Å². The van der Waals surface area contributed by atoms with Crippen molar-refractivity contribution in [3.8, 4) is 0 Å². The van der Waals surface area contributed by atoms with Gasteiger partial charge in [0.2, 0.25) is 5.91 Å². The highest BCUT2D eigenvalue weighted by atomic mass is 19.1. The number of halogens is 1. The lowest BCUT2D eigenvalue weighted by molar-refractivity contribution is -0.123. The van der Waals surface area contributed by atoms with E-state index in [4.69, 9.17) is 0 Å². The van der Waals surface area contributed by atoms with Crippen LogP contribution in [0.3, 0.4) is 0 Å². The van der Waals surface area contributed by atoms with Crippen molar-refractivity contribution in [1.82, 2.24) is 0 Å². The fourth-order valence-electron chi connectivity index (χ4n) is 3.35. The van der Waals surface area contributed by atoms with E-state index in [0.717, 1.165) is 5.56 Å². The number of nitrogens with zero attached hydrogens (tertiary/aromatic N) is 1. The summed E-state index contributed by atoms with van der Waals surface area (Å²) in [7, 11) is 0. The highest BCUT2D eigenvalue weighted by Crippen LogP contribution is 2.46. The largest absolute Gasteiger partial charge is 0.394 e. The molecule has 0 spiro atoms. The number of carbonyl (C=O) groups excluding carboxylic acids is 1. The number of rotatable bonds is 4. The lowest BCUT2D eigenvalue weighted by Gasteiger charge is -2.33. The Kier molecular flexibility index (Phi) is 4.15. The number of anilines is 1. The van der Waals surface area contributed by atoms with Crippen LogP contribution < -0.4 is 4.90 Å². The summed E-state index contributed by atoms with van der Waals surface area (Å²) in [5.41, 5.74) is 1.21. The molecule has 1 aliphatic rings. The van der Waals surface area contributed by atoms with Gasteiger partial charge in [-0.25, -0.2) is 4.39 Å². The van der Waals surface area contributed by atoms with E-state index < -0.39 is 30.0 Å². The van der Waals surface area contributed by atoms with Crippen molar-refractivity contribution in [3.05, 3.63) is 65.5 Å². The van der Waals surface area contributed by atoms with Crippen molar-refractivity contribution >= 4 is 11.6 Å². The Labute approximate surface area is 140 Å². The Bertz CT molecular complexity index is 775. The minimum atomic E-state index is -1.22. The van der Waals surface area contributed by atoms with Gasteiger partial charge < -0.3 is 15.1 Å². The standard InChI is InChI=1S/C19H20FNO3/c1-19(2)14-8-3-4-9-15(14)21(18(19)24)17(16(23)11-22)12-6-5-7-13(20)10-12/h3-10,16-17,22-23H,11H2,1-2H3/t16-,17+/m1/s1. The molecule has 1 amide bonds. The van der Waals surface area contributed by atoms with Crippen LogP contribution in [0.5, 0.6) is 0 Å². The van der Waals surface area contributed by atoms with Gasteiger partial charge in [-0.05, 0) is 43.2 Å². The van der Waals surface area contributed by atoms with Crippen LogP contribution in [0.2, 0.25) is 0 Å². The van der Waals surface area contributed by atoms with Gasteiger partial charge >= 0.3 is 0 Å². The predicted octanol–water partition coefficient (Wildman–Crippen LogP) is 2.54. The third-order valence-corrected chi connectivity index (χ3v) is 4.61. The average Bonchev–Trinajstić information content (AvgIpc) is 2.76. The van der Waals surface area contributed by atoms with Gasteiger partial charge in [-0.1, -0.05) is 30.3 Å². The molecule has 0 aromatic heterocycles. The summed E-state index contributed by atoms with van der Waals surface area (Å²) in [6, 6.07) is 12.2. The normalized spacial score (nSPS) is 18.4. The molecule has 1 aliphatic heterocycles. The number of fused-ring (bicyclic) bond motifs is 1. The van der Waals surface area contributed by atoms with E-state index in [1.165, 1.54) is 23.1 Å². The number of para-hydroxylation sites is 1. The first kappa shape index (κ1) is 16.6. The van der Waals surface area contributed by atoms with Gasteiger partial charge in [-0.2, -0.15) is 0 Å². The molecule has 24 heavy (non-hydrogen) atoms. The number of hydrogen-bond donors (Lipinski definition) is 2. The number of aliphatic hydroxyl groups is 2. The van der Waals surface area contributed by atoms with Crippen LogP contribution in [0.4, 0.5) is 10.1 Å². The maximum absolute atomic E-state index is 13.7. The summed E-state index contributed by atoms with van der Waals surface area (Å²) in [5, 5.41) is 19.8. The molecule has 0 saturated carbocycles. The number of amides is 1. The van der Waals surface area contributed by atoms with Crippen LogP contribution >= 0.6 is 0 Å². The predicted molar refractivity (Wildman–Crippen MR) is 89.2 cm³/mol. The van der Waals surface area contributed by atoms with Gasteiger partial charge in [-0.15, -0.1) is 0 Å². The minimum Gasteiger partial charge on any atom is -0.394 e. The SMILES string of the molecule is CC1(C)C(=O)N([C@@H](c2cccc(F)c2)[C@H](O)CO)c2ccccc21. The number of hydrogen-bond acceptors (Lipinski definition) is 3. The Morgan fingerprint density at radius 3 is 2.54 bits per heavy atom. The Balaban J connectivity index is 2.17. The van der Waals surface area contributed by atoms with Crippen LogP contribution in [-0.4, -0.2) is 28.8 Å². The van der Waals surface area contributed by atoms with Crippen molar-refractivity contribution in [2.24, 2.45) is 0 Å². The molecule has 2 N–H and O–H groups in total. The first-order valence-electron chi connectivity index (χ1n) is 7.85. The minimum absolute atomic E-state index is 0.189. The Hall–Kier alpha value is -2.24. The van der Waals surface area contributed by atoms with E-state index in [0.29, 0.717) is 11.3 Å². The molecule has 2 aromatic rings. The summed E-state index contributed by atoms with van der Waals surface area (Å²) >= 11 is 0. The number of carbonyl (C=O) groups is 1. The van der Waals surface area contributed by atoms with E-state index in [1.54, 1.807) is 12.1 Å². The molecule has 5 heteroatoms. The average molecular weight is 329 g/mol. The summed E-state index contributed by atoms with van der Waals surface area (Å²) in [6.07, 6.45) is -1.22. The second-order valence-electron chi connectivity index (χ2n) is 6.57. The zero-order valence-corrected chi connectivity index (χ0v) is 13.6. The second kappa shape index (κ2) is 6.00.